The maximum absolute atomic E-state index is 12.4. The van der Waals surface area contributed by atoms with Crippen LogP contribution in [0.3, 0.4) is 0 Å². The molecule has 0 unspecified atom stereocenters. The maximum Gasteiger partial charge on any atom is 0.266 e. The van der Waals surface area contributed by atoms with Crippen molar-refractivity contribution in [2.75, 3.05) is 19.0 Å². The van der Waals surface area contributed by atoms with Crippen LogP contribution in [0.1, 0.15) is 12.5 Å². The number of carbonyl (C=O) groups is 1. The Kier molecular flexibility index (Phi) is 6.90. The molecule has 2 rings (SSSR count). The van der Waals surface area contributed by atoms with Crippen molar-refractivity contribution in [3.8, 4) is 17.6 Å². The predicted octanol–water partition coefficient (Wildman–Crippen LogP) is 4.95. The van der Waals surface area contributed by atoms with Crippen LogP contribution in [0.4, 0.5) is 5.69 Å². The van der Waals surface area contributed by atoms with Crippen molar-refractivity contribution >= 4 is 40.9 Å². The van der Waals surface area contributed by atoms with Crippen molar-refractivity contribution in [3.63, 3.8) is 0 Å². The largest absolute Gasteiger partial charge is 0.493 e. The van der Waals surface area contributed by atoms with Gasteiger partial charge in [0.15, 0.2) is 11.5 Å². The molecule has 0 bridgehead atoms. The number of methoxy groups -OCH3 is 1. The average molecular weight is 391 g/mol. The van der Waals surface area contributed by atoms with Gasteiger partial charge in [0.05, 0.1) is 24.4 Å². The molecular formula is C19H16Cl2N2O3. The molecule has 0 saturated carbocycles. The molecule has 0 aliphatic heterocycles. The van der Waals surface area contributed by atoms with Gasteiger partial charge in [0.2, 0.25) is 0 Å². The van der Waals surface area contributed by atoms with Gasteiger partial charge in [-0.2, -0.15) is 5.26 Å². The van der Waals surface area contributed by atoms with Gasteiger partial charge in [0.25, 0.3) is 5.91 Å². The second-order valence-electron chi connectivity index (χ2n) is 5.09. The fraction of sp³-hybridized carbons (Fsp3) is 0.158. The van der Waals surface area contributed by atoms with Gasteiger partial charge in [-0.05, 0) is 48.9 Å². The number of amides is 1. The lowest BCUT2D eigenvalue weighted by molar-refractivity contribution is -0.112. The Morgan fingerprint density at radius 2 is 2.00 bits per heavy atom. The fourth-order valence-electron chi connectivity index (χ4n) is 2.15. The van der Waals surface area contributed by atoms with Crippen molar-refractivity contribution in [1.82, 2.24) is 0 Å². The summed E-state index contributed by atoms with van der Waals surface area (Å²) in [6, 6.07) is 11.7. The topological polar surface area (TPSA) is 71.3 Å². The minimum Gasteiger partial charge on any atom is -0.493 e. The van der Waals surface area contributed by atoms with E-state index < -0.39 is 5.91 Å². The van der Waals surface area contributed by atoms with Gasteiger partial charge in [-0.1, -0.05) is 29.3 Å². The van der Waals surface area contributed by atoms with Gasteiger partial charge >= 0.3 is 0 Å². The SMILES string of the molecule is CCOc1cc(C=C(C#N)C(=O)Nc2cc(Cl)ccc2Cl)ccc1OC. The maximum atomic E-state index is 12.4. The summed E-state index contributed by atoms with van der Waals surface area (Å²) in [6.07, 6.45) is 1.45. The van der Waals surface area contributed by atoms with E-state index in [0.717, 1.165) is 0 Å². The Labute approximate surface area is 161 Å². The average Bonchev–Trinajstić information content (AvgIpc) is 2.63. The predicted molar refractivity (Wildman–Crippen MR) is 103 cm³/mol. The van der Waals surface area contributed by atoms with Crippen LogP contribution in [0.2, 0.25) is 10.0 Å². The molecule has 134 valence electrons. The molecule has 1 amide bonds. The van der Waals surface area contributed by atoms with Crippen molar-refractivity contribution in [2.45, 2.75) is 6.92 Å². The number of hydrogen-bond donors (Lipinski definition) is 1. The third kappa shape index (κ3) is 4.92. The number of anilines is 1. The van der Waals surface area contributed by atoms with E-state index >= 15 is 0 Å². The van der Waals surface area contributed by atoms with E-state index in [4.69, 9.17) is 32.7 Å². The number of ether oxygens (including phenoxy) is 2. The molecule has 2 aromatic rings. The van der Waals surface area contributed by atoms with Crippen molar-refractivity contribution in [2.24, 2.45) is 0 Å². The Morgan fingerprint density at radius 3 is 2.65 bits per heavy atom. The quantitative estimate of drug-likeness (QED) is 0.559. The summed E-state index contributed by atoms with van der Waals surface area (Å²) >= 11 is 11.9. The number of benzene rings is 2. The molecule has 0 saturated heterocycles. The zero-order valence-corrected chi connectivity index (χ0v) is 15.7. The molecule has 0 spiro atoms. The molecule has 0 fully saturated rings. The summed E-state index contributed by atoms with van der Waals surface area (Å²) in [4.78, 5) is 12.4. The molecule has 0 atom stereocenters. The summed E-state index contributed by atoms with van der Waals surface area (Å²) in [5, 5.41) is 12.7. The first-order valence-corrected chi connectivity index (χ1v) is 8.43. The molecule has 0 radical (unpaired) electrons. The number of nitrogens with one attached hydrogen (secondary N) is 1. The van der Waals surface area contributed by atoms with Crippen molar-refractivity contribution in [3.05, 3.63) is 57.6 Å². The number of nitrogens with zero attached hydrogens (tertiary/aromatic N) is 1. The first kappa shape index (κ1) is 19.6. The number of carbonyl (C=O) groups excluding carboxylic acids is 1. The van der Waals surface area contributed by atoms with Crippen LogP contribution < -0.4 is 14.8 Å². The second-order valence-corrected chi connectivity index (χ2v) is 5.94. The van der Waals surface area contributed by atoms with Gasteiger partial charge in [0.1, 0.15) is 11.6 Å². The van der Waals surface area contributed by atoms with Crippen molar-refractivity contribution < 1.29 is 14.3 Å². The summed E-state index contributed by atoms with van der Waals surface area (Å²) in [6.45, 7) is 2.31. The first-order chi connectivity index (χ1) is 12.5. The van der Waals surface area contributed by atoms with Crippen LogP contribution in [0.15, 0.2) is 42.0 Å². The molecule has 5 nitrogen and oxygen atoms in total. The van der Waals surface area contributed by atoms with Crippen LogP contribution in [0, 0.1) is 11.3 Å². The lowest BCUT2D eigenvalue weighted by Crippen LogP contribution is -2.13. The van der Waals surface area contributed by atoms with Gasteiger partial charge in [-0.3, -0.25) is 4.79 Å². The Balaban J connectivity index is 2.29. The van der Waals surface area contributed by atoms with Gasteiger partial charge in [0, 0.05) is 5.02 Å². The molecule has 7 heteroatoms. The molecule has 26 heavy (non-hydrogen) atoms. The smallest absolute Gasteiger partial charge is 0.266 e. The number of hydrogen-bond acceptors (Lipinski definition) is 4. The van der Waals surface area contributed by atoms with Crippen LogP contribution >= 0.6 is 23.2 Å². The minimum absolute atomic E-state index is 0.0892. The summed E-state index contributed by atoms with van der Waals surface area (Å²) < 4.78 is 10.7. The summed E-state index contributed by atoms with van der Waals surface area (Å²) in [5.41, 5.74) is 0.863. The van der Waals surface area contributed by atoms with E-state index in [-0.39, 0.29) is 5.57 Å². The molecule has 0 heterocycles. The molecule has 0 aliphatic carbocycles. The summed E-state index contributed by atoms with van der Waals surface area (Å²) in [5.74, 6) is 0.502. The van der Waals surface area contributed by atoms with Gasteiger partial charge in [-0.25, -0.2) is 0 Å². The minimum atomic E-state index is -0.592. The monoisotopic (exact) mass is 390 g/mol. The lowest BCUT2D eigenvalue weighted by Gasteiger charge is -2.10. The standard InChI is InChI=1S/C19H16Cl2N2O3/c1-3-26-18-9-12(4-7-17(18)25-2)8-13(11-22)19(24)23-16-10-14(20)5-6-15(16)21/h4-10H,3H2,1-2H3,(H,23,24). The Morgan fingerprint density at radius 1 is 1.23 bits per heavy atom. The zero-order valence-electron chi connectivity index (χ0n) is 14.2. The molecule has 0 aliphatic rings. The van der Waals surface area contributed by atoms with E-state index in [1.54, 1.807) is 30.3 Å². The van der Waals surface area contributed by atoms with Gasteiger partial charge in [-0.15, -0.1) is 0 Å². The molecular weight excluding hydrogens is 375 g/mol. The highest BCUT2D eigenvalue weighted by Crippen LogP contribution is 2.29. The second kappa shape index (κ2) is 9.14. The third-order valence-electron chi connectivity index (χ3n) is 3.34. The summed E-state index contributed by atoms with van der Waals surface area (Å²) in [7, 11) is 1.54. The number of halogens is 2. The van der Waals surface area contributed by atoms with Crippen LogP contribution in [0.5, 0.6) is 11.5 Å². The van der Waals surface area contributed by atoms with E-state index in [9.17, 15) is 10.1 Å². The van der Waals surface area contributed by atoms with Crippen molar-refractivity contribution in [1.29, 1.82) is 5.26 Å². The van der Waals surface area contributed by atoms with Gasteiger partial charge < -0.3 is 14.8 Å². The lowest BCUT2D eigenvalue weighted by atomic mass is 10.1. The van der Waals surface area contributed by atoms with E-state index in [1.165, 1.54) is 19.3 Å². The van der Waals surface area contributed by atoms with E-state index in [2.05, 4.69) is 5.32 Å². The molecule has 0 aromatic heterocycles. The Hall–Kier alpha value is -2.68. The normalized spacial score (nSPS) is 10.8. The molecule has 2 aromatic carbocycles. The van der Waals surface area contributed by atoms with E-state index in [0.29, 0.717) is 39.4 Å². The highest BCUT2D eigenvalue weighted by molar-refractivity contribution is 6.36. The third-order valence-corrected chi connectivity index (χ3v) is 3.90. The highest BCUT2D eigenvalue weighted by atomic mass is 35.5. The molecule has 1 N–H and O–H groups in total. The van der Waals surface area contributed by atoms with Crippen LogP contribution in [-0.2, 0) is 4.79 Å². The van der Waals surface area contributed by atoms with E-state index in [1.807, 2.05) is 13.0 Å². The van der Waals surface area contributed by atoms with Crippen LogP contribution in [-0.4, -0.2) is 19.6 Å². The first-order valence-electron chi connectivity index (χ1n) is 7.67. The zero-order chi connectivity index (χ0) is 19.1. The number of nitriles is 1. The van der Waals surface area contributed by atoms with Crippen LogP contribution in [0.25, 0.3) is 6.08 Å². The fourth-order valence-corrected chi connectivity index (χ4v) is 2.49. The highest BCUT2D eigenvalue weighted by Gasteiger charge is 2.13. The number of rotatable bonds is 6. The Bertz CT molecular complexity index is 889.